The lowest BCUT2D eigenvalue weighted by Gasteiger charge is -2.27. The van der Waals surface area contributed by atoms with E-state index in [0.717, 1.165) is 25.0 Å². The van der Waals surface area contributed by atoms with Crippen molar-refractivity contribution in [1.29, 1.82) is 0 Å². The van der Waals surface area contributed by atoms with Crippen molar-refractivity contribution >= 4 is 17.7 Å². The first-order chi connectivity index (χ1) is 12.2. The van der Waals surface area contributed by atoms with Crippen LogP contribution in [0.15, 0.2) is 42.5 Å². The van der Waals surface area contributed by atoms with Crippen LogP contribution in [0.3, 0.4) is 0 Å². The Labute approximate surface area is 154 Å². The molecule has 3 nitrogen and oxygen atoms in total. The van der Waals surface area contributed by atoms with Crippen LogP contribution in [0.1, 0.15) is 44.1 Å². The molecule has 0 aromatic heterocycles. The summed E-state index contributed by atoms with van der Waals surface area (Å²) in [4.78, 5) is 10.5. The van der Waals surface area contributed by atoms with E-state index in [-0.39, 0.29) is 6.42 Å². The van der Waals surface area contributed by atoms with Gasteiger partial charge in [-0.25, -0.2) is 0 Å². The SMILES string of the molecule is O=C(O)CCC/C=C\C[C@@H]1[C@@H](CSCc2ccccc2)[C@@H]2CC[C@H]1O2. The van der Waals surface area contributed by atoms with Gasteiger partial charge in [-0.1, -0.05) is 42.5 Å². The van der Waals surface area contributed by atoms with Gasteiger partial charge in [0.05, 0.1) is 12.2 Å². The lowest BCUT2D eigenvalue weighted by Crippen LogP contribution is -2.28. The smallest absolute Gasteiger partial charge is 0.303 e. The first-order valence-electron chi connectivity index (χ1n) is 9.38. The zero-order valence-corrected chi connectivity index (χ0v) is 15.5. The normalized spacial score (nSPS) is 28.0. The molecule has 136 valence electrons. The minimum atomic E-state index is -0.703. The summed E-state index contributed by atoms with van der Waals surface area (Å²) in [5, 5.41) is 8.67. The highest BCUT2D eigenvalue weighted by molar-refractivity contribution is 7.98. The van der Waals surface area contributed by atoms with Crippen LogP contribution in [-0.4, -0.2) is 29.0 Å². The van der Waals surface area contributed by atoms with Crippen molar-refractivity contribution < 1.29 is 14.6 Å². The number of thioether (sulfide) groups is 1. The number of carbonyl (C=O) groups is 1. The molecular formula is C21H28O3S. The summed E-state index contributed by atoms with van der Waals surface area (Å²) in [5.74, 6) is 2.85. The minimum absolute atomic E-state index is 0.264. The standard InChI is InChI=1S/C21H28O3S/c22-21(23)11-7-2-1-6-10-17-18(20-13-12-19(17)24-20)15-25-14-16-8-4-3-5-9-16/h1,3-6,8-9,17-20H,2,7,10-15H2,(H,22,23)/b6-1-/t17-,18-,19-,20+/m1/s1. The molecule has 25 heavy (non-hydrogen) atoms. The van der Waals surface area contributed by atoms with E-state index in [1.807, 2.05) is 11.8 Å². The number of carboxylic acids is 1. The second-order valence-corrected chi connectivity index (χ2v) is 8.14. The third kappa shape index (κ3) is 5.35. The Morgan fingerprint density at radius 2 is 1.92 bits per heavy atom. The van der Waals surface area contributed by atoms with Gasteiger partial charge in [0.1, 0.15) is 0 Å². The molecule has 0 radical (unpaired) electrons. The van der Waals surface area contributed by atoms with Crippen molar-refractivity contribution in [2.24, 2.45) is 11.8 Å². The molecule has 1 N–H and O–H groups in total. The molecule has 2 fully saturated rings. The van der Waals surface area contributed by atoms with Crippen molar-refractivity contribution in [1.82, 2.24) is 0 Å². The minimum Gasteiger partial charge on any atom is -0.481 e. The van der Waals surface area contributed by atoms with Gasteiger partial charge in [-0.2, -0.15) is 11.8 Å². The number of aliphatic carboxylic acids is 1. The highest BCUT2D eigenvalue weighted by Gasteiger charge is 2.47. The Kier molecular flexibility index (Phi) is 7.00. The quantitative estimate of drug-likeness (QED) is 0.475. The van der Waals surface area contributed by atoms with Gasteiger partial charge in [0, 0.05) is 12.2 Å². The molecule has 3 rings (SSSR count). The van der Waals surface area contributed by atoms with Crippen molar-refractivity contribution in [2.75, 3.05) is 5.75 Å². The van der Waals surface area contributed by atoms with E-state index in [1.165, 1.54) is 24.2 Å². The number of benzene rings is 1. The predicted molar refractivity (Wildman–Crippen MR) is 103 cm³/mol. The highest BCUT2D eigenvalue weighted by Crippen LogP contribution is 2.46. The molecule has 2 aliphatic rings. The predicted octanol–water partition coefficient (Wildman–Crippen LogP) is 4.91. The summed E-state index contributed by atoms with van der Waals surface area (Å²) in [6.45, 7) is 0. The van der Waals surface area contributed by atoms with Gasteiger partial charge >= 0.3 is 5.97 Å². The summed E-state index contributed by atoms with van der Waals surface area (Å²) >= 11 is 2.03. The van der Waals surface area contributed by atoms with Crippen LogP contribution in [0.2, 0.25) is 0 Å². The number of hydrogen-bond acceptors (Lipinski definition) is 3. The Balaban J connectivity index is 1.43. The number of rotatable bonds is 10. The molecule has 2 bridgehead atoms. The van der Waals surface area contributed by atoms with E-state index in [1.54, 1.807) is 0 Å². The fraction of sp³-hybridized carbons (Fsp3) is 0.571. The Hall–Kier alpha value is -1.26. The monoisotopic (exact) mass is 360 g/mol. The summed E-state index contributed by atoms with van der Waals surface area (Å²) in [6, 6.07) is 10.7. The van der Waals surface area contributed by atoms with Gasteiger partial charge in [0.2, 0.25) is 0 Å². The van der Waals surface area contributed by atoms with E-state index < -0.39 is 5.97 Å². The zero-order valence-electron chi connectivity index (χ0n) is 14.7. The Bertz CT molecular complexity index is 572. The van der Waals surface area contributed by atoms with Crippen LogP contribution in [0.4, 0.5) is 0 Å². The second-order valence-electron chi connectivity index (χ2n) is 7.11. The molecule has 4 atom stereocenters. The molecule has 4 heteroatoms. The number of fused-ring (bicyclic) bond motifs is 2. The third-order valence-corrected chi connectivity index (χ3v) is 6.51. The molecule has 2 heterocycles. The van der Waals surface area contributed by atoms with Crippen molar-refractivity contribution in [3.8, 4) is 0 Å². The van der Waals surface area contributed by atoms with Crippen molar-refractivity contribution in [3.05, 3.63) is 48.0 Å². The molecule has 0 amide bonds. The topological polar surface area (TPSA) is 46.5 Å². The van der Waals surface area contributed by atoms with Gasteiger partial charge in [-0.3, -0.25) is 4.79 Å². The van der Waals surface area contributed by atoms with Crippen molar-refractivity contribution in [3.63, 3.8) is 0 Å². The molecule has 0 saturated carbocycles. The Morgan fingerprint density at radius 3 is 2.68 bits per heavy atom. The van der Waals surface area contributed by atoms with E-state index in [4.69, 9.17) is 9.84 Å². The summed E-state index contributed by atoms with van der Waals surface area (Å²) in [7, 11) is 0. The highest BCUT2D eigenvalue weighted by atomic mass is 32.2. The summed E-state index contributed by atoms with van der Waals surface area (Å²) in [6.07, 6.45) is 10.7. The molecule has 2 aliphatic heterocycles. The maximum atomic E-state index is 10.5. The number of unbranched alkanes of at least 4 members (excludes halogenated alkanes) is 1. The lowest BCUT2D eigenvalue weighted by molar-refractivity contribution is -0.137. The molecule has 0 aliphatic carbocycles. The zero-order chi connectivity index (χ0) is 17.5. The number of hydrogen-bond donors (Lipinski definition) is 1. The average molecular weight is 361 g/mol. The molecule has 0 spiro atoms. The summed E-state index contributed by atoms with van der Waals surface area (Å²) in [5.41, 5.74) is 1.39. The van der Waals surface area contributed by atoms with Gasteiger partial charge in [0.15, 0.2) is 0 Å². The van der Waals surface area contributed by atoms with Crippen LogP contribution >= 0.6 is 11.8 Å². The lowest BCUT2D eigenvalue weighted by atomic mass is 9.78. The van der Waals surface area contributed by atoms with E-state index >= 15 is 0 Å². The maximum absolute atomic E-state index is 10.5. The number of carboxylic acid groups (broad SMARTS) is 1. The van der Waals surface area contributed by atoms with Crippen molar-refractivity contribution in [2.45, 2.75) is 56.5 Å². The average Bonchev–Trinajstić information content (AvgIpc) is 3.21. The summed E-state index contributed by atoms with van der Waals surface area (Å²) < 4.78 is 6.18. The van der Waals surface area contributed by atoms with Crippen LogP contribution in [0, 0.1) is 11.8 Å². The largest absolute Gasteiger partial charge is 0.481 e. The fourth-order valence-corrected chi connectivity index (χ4v) is 5.34. The second kappa shape index (κ2) is 9.44. The number of ether oxygens (including phenoxy) is 1. The maximum Gasteiger partial charge on any atom is 0.303 e. The van der Waals surface area contributed by atoms with Crippen LogP contribution in [0.5, 0.6) is 0 Å². The molecule has 1 aromatic rings. The van der Waals surface area contributed by atoms with Gasteiger partial charge in [0.25, 0.3) is 0 Å². The third-order valence-electron chi connectivity index (χ3n) is 5.35. The molecule has 2 saturated heterocycles. The van der Waals surface area contributed by atoms with E-state index in [9.17, 15) is 4.79 Å². The van der Waals surface area contributed by atoms with E-state index in [2.05, 4.69) is 42.5 Å². The van der Waals surface area contributed by atoms with Crippen LogP contribution in [-0.2, 0) is 15.3 Å². The molecule has 1 aromatic carbocycles. The van der Waals surface area contributed by atoms with E-state index in [0.29, 0.717) is 24.0 Å². The van der Waals surface area contributed by atoms with Gasteiger partial charge in [-0.05, 0) is 55.3 Å². The van der Waals surface area contributed by atoms with Gasteiger partial charge in [-0.15, -0.1) is 0 Å². The first kappa shape index (κ1) is 18.5. The molecular weight excluding hydrogens is 332 g/mol. The van der Waals surface area contributed by atoms with Crippen LogP contribution < -0.4 is 0 Å². The first-order valence-corrected chi connectivity index (χ1v) is 10.5. The Morgan fingerprint density at radius 1 is 1.16 bits per heavy atom. The van der Waals surface area contributed by atoms with Crippen LogP contribution in [0.25, 0.3) is 0 Å². The van der Waals surface area contributed by atoms with Gasteiger partial charge < -0.3 is 9.84 Å². The number of allylic oxidation sites excluding steroid dienone is 2. The fourth-order valence-electron chi connectivity index (χ4n) is 4.06. The molecule has 0 unspecified atom stereocenters.